The molecule has 0 radical (unpaired) electrons. The van der Waals surface area contributed by atoms with Gasteiger partial charge in [-0.2, -0.15) is 0 Å². The van der Waals surface area contributed by atoms with E-state index in [2.05, 4.69) is 37.2 Å². The van der Waals surface area contributed by atoms with Crippen molar-refractivity contribution in [3.63, 3.8) is 0 Å². The van der Waals surface area contributed by atoms with Gasteiger partial charge in [-0.15, -0.1) is 0 Å². The van der Waals surface area contributed by atoms with Crippen molar-refractivity contribution in [2.45, 2.75) is 50.5 Å². The molecular formula is C19H34N6O2S. The van der Waals surface area contributed by atoms with Crippen LogP contribution in [0.1, 0.15) is 39.5 Å². The van der Waals surface area contributed by atoms with Crippen LogP contribution < -0.4 is 15.4 Å². The number of unbranched alkanes of at least 4 members (excludes halogenated alkanes) is 1. The second-order valence-corrected chi connectivity index (χ2v) is 8.73. The maximum Gasteiger partial charge on any atom is 0.242 e. The van der Waals surface area contributed by atoms with Gasteiger partial charge in [-0.05, 0) is 44.9 Å². The summed E-state index contributed by atoms with van der Waals surface area (Å²) < 4.78 is 26.9. The van der Waals surface area contributed by atoms with Crippen molar-refractivity contribution in [3.8, 4) is 0 Å². The van der Waals surface area contributed by atoms with Crippen molar-refractivity contribution < 1.29 is 8.42 Å². The van der Waals surface area contributed by atoms with Crippen LogP contribution in [0.4, 0.5) is 0 Å². The first-order valence-corrected chi connectivity index (χ1v) is 11.7. The van der Waals surface area contributed by atoms with E-state index in [4.69, 9.17) is 0 Å². The molecule has 0 unspecified atom stereocenters. The largest absolute Gasteiger partial charge is 0.357 e. The van der Waals surface area contributed by atoms with Crippen molar-refractivity contribution in [2.24, 2.45) is 4.99 Å². The maximum atomic E-state index is 12.2. The van der Waals surface area contributed by atoms with Crippen molar-refractivity contribution >= 4 is 16.0 Å². The van der Waals surface area contributed by atoms with E-state index in [9.17, 15) is 8.42 Å². The summed E-state index contributed by atoms with van der Waals surface area (Å²) in [5.41, 5.74) is 0. The van der Waals surface area contributed by atoms with E-state index in [0.717, 1.165) is 38.4 Å². The zero-order valence-corrected chi connectivity index (χ0v) is 17.8. The number of aromatic nitrogens is 1. The van der Waals surface area contributed by atoms with Crippen LogP contribution in [0.2, 0.25) is 0 Å². The molecule has 3 N–H and O–H groups in total. The smallest absolute Gasteiger partial charge is 0.242 e. The molecule has 2 heterocycles. The van der Waals surface area contributed by atoms with Gasteiger partial charge < -0.3 is 15.5 Å². The first kappa shape index (κ1) is 22.6. The van der Waals surface area contributed by atoms with Crippen LogP contribution in [0.15, 0.2) is 34.4 Å². The van der Waals surface area contributed by atoms with Gasteiger partial charge in [0.2, 0.25) is 10.0 Å². The van der Waals surface area contributed by atoms with Crippen molar-refractivity contribution in [3.05, 3.63) is 24.5 Å². The fourth-order valence-electron chi connectivity index (χ4n) is 3.13. The molecule has 0 amide bonds. The van der Waals surface area contributed by atoms with Crippen molar-refractivity contribution in [2.75, 3.05) is 39.3 Å². The lowest BCUT2D eigenvalue weighted by molar-refractivity contribution is 0.203. The van der Waals surface area contributed by atoms with Gasteiger partial charge in [-0.25, -0.2) is 13.1 Å². The van der Waals surface area contributed by atoms with E-state index in [1.807, 2.05) is 6.92 Å². The van der Waals surface area contributed by atoms with Crippen molar-refractivity contribution in [1.82, 2.24) is 25.2 Å². The Balaban J connectivity index is 1.78. The third kappa shape index (κ3) is 7.73. The molecule has 1 fully saturated rings. The fourth-order valence-corrected chi connectivity index (χ4v) is 4.12. The summed E-state index contributed by atoms with van der Waals surface area (Å²) in [5.74, 6) is 0.745. The first-order valence-electron chi connectivity index (χ1n) is 10.2. The van der Waals surface area contributed by atoms with Crippen molar-refractivity contribution in [1.29, 1.82) is 0 Å². The Morgan fingerprint density at radius 1 is 1.32 bits per heavy atom. The Morgan fingerprint density at radius 3 is 2.75 bits per heavy atom. The Hall–Kier alpha value is -1.71. The molecule has 0 saturated carbocycles. The molecule has 0 aliphatic carbocycles. The van der Waals surface area contributed by atoms with E-state index < -0.39 is 10.0 Å². The number of piperidine rings is 1. The summed E-state index contributed by atoms with van der Waals surface area (Å²) in [6.45, 7) is 9.04. The molecule has 1 saturated heterocycles. The van der Waals surface area contributed by atoms with Crippen LogP contribution in [0.3, 0.4) is 0 Å². The number of sulfonamides is 1. The maximum absolute atomic E-state index is 12.2. The van der Waals surface area contributed by atoms with Crippen LogP contribution in [-0.2, 0) is 10.0 Å². The number of rotatable bonds is 10. The zero-order valence-electron chi connectivity index (χ0n) is 17.0. The van der Waals surface area contributed by atoms with Crippen LogP contribution >= 0.6 is 0 Å². The van der Waals surface area contributed by atoms with Crippen LogP contribution in [0.25, 0.3) is 0 Å². The number of pyridine rings is 1. The highest BCUT2D eigenvalue weighted by Crippen LogP contribution is 2.11. The highest BCUT2D eigenvalue weighted by atomic mass is 32.2. The van der Waals surface area contributed by atoms with E-state index in [-0.39, 0.29) is 11.4 Å². The lowest BCUT2D eigenvalue weighted by Gasteiger charge is -2.33. The van der Waals surface area contributed by atoms with Gasteiger partial charge >= 0.3 is 0 Å². The average molecular weight is 411 g/mol. The molecule has 8 nitrogen and oxygen atoms in total. The molecule has 28 heavy (non-hydrogen) atoms. The van der Waals surface area contributed by atoms with E-state index in [1.54, 1.807) is 12.3 Å². The molecule has 9 heteroatoms. The third-order valence-corrected chi connectivity index (χ3v) is 6.17. The minimum Gasteiger partial charge on any atom is -0.357 e. The van der Waals surface area contributed by atoms with Gasteiger partial charge in [0.05, 0.1) is 6.54 Å². The Bertz CT molecular complexity index is 688. The quantitative estimate of drug-likeness (QED) is 0.304. The summed E-state index contributed by atoms with van der Waals surface area (Å²) in [5, 5.41) is 6.73. The predicted octanol–water partition coefficient (Wildman–Crippen LogP) is 1.18. The van der Waals surface area contributed by atoms with E-state index in [1.165, 1.54) is 31.6 Å². The normalized spacial score (nSPS) is 16.9. The molecule has 158 valence electrons. The van der Waals surface area contributed by atoms with Gasteiger partial charge in [0, 0.05) is 44.6 Å². The molecule has 1 aromatic rings. The Kier molecular flexibility index (Phi) is 9.66. The molecule has 0 spiro atoms. The van der Waals surface area contributed by atoms with Crippen LogP contribution in [-0.4, -0.2) is 69.6 Å². The summed E-state index contributed by atoms with van der Waals surface area (Å²) in [6, 6.07) is 3.53. The minimum atomic E-state index is -3.54. The van der Waals surface area contributed by atoms with Gasteiger partial charge in [0.1, 0.15) is 4.90 Å². The molecule has 0 aromatic carbocycles. The molecule has 1 aromatic heterocycles. The van der Waals surface area contributed by atoms with E-state index in [0.29, 0.717) is 12.6 Å². The SMILES string of the molecule is CCCCN1CCC(NC(=NCCNS(=O)(=O)c2cccnc2)NCC)CC1. The number of hydrogen-bond donors (Lipinski definition) is 3. The second-order valence-electron chi connectivity index (χ2n) is 6.96. The molecule has 1 aliphatic rings. The average Bonchev–Trinajstić information content (AvgIpc) is 2.71. The summed E-state index contributed by atoms with van der Waals surface area (Å²) >= 11 is 0. The first-order chi connectivity index (χ1) is 13.5. The summed E-state index contributed by atoms with van der Waals surface area (Å²) in [6.07, 6.45) is 7.58. The third-order valence-electron chi connectivity index (χ3n) is 4.72. The molecular weight excluding hydrogens is 376 g/mol. The van der Waals surface area contributed by atoms with Gasteiger partial charge in [0.25, 0.3) is 0 Å². The second kappa shape index (κ2) is 12.0. The molecule has 2 rings (SSSR count). The number of hydrogen-bond acceptors (Lipinski definition) is 5. The summed E-state index contributed by atoms with van der Waals surface area (Å²) in [4.78, 5) is 11.1. The van der Waals surface area contributed by atoms with Crippen LogP contribution in [0.5, 0.6) is 0 Å². The Morgan fingerprint density at radius 2 is 2.11 bits per heavy atom. The summed E-state index contributed by atoms with van der Waals surface area (Å²) in [7, 11) is -3.54. The standard InChI is InChI=1S/C19H34N6O2S/c1-3-5-13-25-14-8-17(9-15-25)24-19(21-4-2)22-11-12-23-28(26,27)18-7-6-10-20-16-18/h6-7,10,16-17,23H,3-5,8-9,11-15H2,1-2H3,(H2,21,22,24). The van der Waals surface area contributed by atoms with E-state index >= 15 is 0 Å². The Labute approximate surface area is 169 Å². The monoisotopic (exact) mass is 410 g/mol. The topological polar surface area (TPSA) is 98.7 Å². The highest BCUT2D eigenvalue weighted by Gasteiger charge is 2.19. The molecule has 0 bridgehead atoms. The number of guanidine groups is 1. The lowest BCUT2D eigenvalue weighted by Crippen LogP contribution is -2.49. The zero-order chi connectivity index (χ0) is 20.2. The van der Waals surface area contributed by atoms with Gasteiger partial charge in [-0.3, -0.25) is 9.98 Å². The number of likely N-dealkylation sites (tertiary alicyclic amines) is 1. The van der Waals surface area contributed by atoms with Gasteiger partial charge in [-0.1, -0.05) is 13.3 Å². The number of aliphatic imine (C=N–C) groups is 1. The molecule has 1 aliphatic heterocycles. The highest BCUT2D eigenvalue weighted by molar-refractivity contribution is 7.89. The fraction of sp³-hybridized carbons (Fsp3) is 0.684. The van der Waals surface area contributed by atoms with Crippen LogP contribution in [0, 0.1) is 0 Å². The lowest BCUT2D eigenvalue weighted by atomic mass is 10.0. The van der Waals surface area contributed by atoms with Gasteiger partial charge in [0.15, 0.2) is 5.96 Å². The number of nitrogens with zero attached hydrogens (tertiary/aromatic N) is 3. The molecule has 0 atom stereocenters. The predicted molar refractivity (Wildman–Crippen MR) is 113 cm³/mol. The minimum absolute atomic E-state index is 0.166. The number of nitrogens with one attached hydrogen (secondary N) is 3.